The largest absolute Gasteiger partial charge is 0.378 e. The molecule has 1 spiro atoms. The molecule has 0 atom stereocenters. The molecule has 1 aromatic rings. The van der Waals surface area contributed by atoms with Crippen LogP contribution < -0.4 is 10.2 Å². The molecule has 3 aliphatic rings. The van der Waals surface area contributed by atoms with Gasteiger partial charge in [0.1, 0.15) is 0 Å². The van der Waals surface area contributed by atoms with Crippen molar-refractivity contribution in [3.63, 3.8) is 0 Å². The molecule has 1 aliphatic carbocycles. The van der Waals surface area contributed by atoms with Gasteiger partial charge in [0.15, 0.2) is 5.96 Å². The number of aliphatic imine (C=N–C) groups is 1. The van der Waals surface area contributed by atoms with Gasteiger partial charge in [0.25, 0.3) is 0 Å². The molecule has 0 bridgehead atoms. The highest BCUT2D eigenvalue weighted by atomic mass is 127. The molecule has 2 saturated heterocycles. The van der Waals surface area contributed by atoms with Crippen molar-refractivity contribution in [1.29, 1.82) is 0 Å². The van der Waals surface area contributed by atoms with E-state index in [-0.39, 0.29) is 24.0 Å². The summed E-state index contributed by atoms with van der Waals surface area (Å²) in [5.41, 5.74) is 3.22. The van der Waals surface area contributed by atoms with E-state index in [9.17, 15) is 0 Å². The molecular weight excluding hydrogens is 463 g/mol. The fourth-order valence-electron chi connectivity index (χ4n) is 5.11. The van der Waals surface area contributed by atoms with Crippen LogP contribution in [0.4, 0.5) is 5.69 Å². The van der Waals surface area contributed by atoms with Gasteiger partial charge in [-0.05, 0) is 36.3 Å². The zero-order valence-corrected chi connectivity index (χ0v) is 19.5. The predicted octanol–water partition coefficient (Wildman–Crippen LogP) is 3.87. The minimum atomic E-state index is 0. The predicted molar refractivity (Wildman–Crippen MR) is 127 cm³/mol. The molecule has 3 fully saturated rings. The van der Waals surface area contributed by atoms with Gasteiger partial charge in [-0.25, -0.2) is 0 Å². The summed E-state index contributed by atoms with van der Waals surface area (Å²) in [6.45, 7) is 6.73. The van der Waals surface area contributed by atoms with Crippen LogP contribution in [0.25, 0.3) is 0 Å². The minimum Gasteiger partial charge on any atom is -0.378 e. The zero-order valence-electron chi connectivity index (χ0n) is 17.2. The number of benzene rings is 1. The van der Waals surface area contributed by atoms with Crippen LogP contribution in [0, 0.1) is 5.41 Å². The molecule has 6 heteroatoms. The summed E-state index contributed by atoms with van der Waals surface area (Å²) in [4.78, 5) is 9.53. The van der Waals surface area contributed by atoms with E-state index in [0.717, 1.165) is 45.4 Å². The normalized spacial score (nSPS) is 22.2. The van der Waals surface area contributed by atoms with Crippen molar-refractivity contribution in [2.45, 2.75) is 45.1 Å². The third-order valence-electron chi connectivity index (χ3n) is 6.64. The number of guanidine groups is 1. The Morgan fingerprint density at radius 3 is 2.57 bits per heavy atom. The van der Waals surface area contributed by atoms with Gasteiger partial charge in [-0.3, -0.25) is 4.99 Å². The van der Waals surface area contributed by atoms with E-state index < -0.39 is 0 Å². The molecule has 1 N–H and O–H groups in total. The van der Waals surface area contributed by atoms with Crippen LogP contribution >= 0.6 is 24.0 Å². The van der Waals surface area contributed by atoms with E-state index in [1.807, 2.05) is 7.05 Å². The van der Waals surface area contributed by atoms with Gasteiger partial charge in [0, 0.05) is 45.5 Å². The topological polar surface area (TPSA) is 40.1 Å². The highest BCUT2D eigenvalue weighted by molar-refractivity contribution is 14.0. The summed E-state index contributed by atoms with van der Waals surface area (Å²) in [6, 6.07) is 8.74. The van der Waals surface area contributed by atoms with E-state index in [0.29, 0.717) is 5.41 Å². The van der Waals surface area contributed by atoms with Gasteiger partial charge in [-0.15, -0.1) is 24.0 Å². The first-order valence-corrected chi connectivity index (χ1v) is 10.7. The number of rotatable bonds is 3. The zero-order chi connectivity index (χ0) is 18.5. The van der Waals surface area contributed by atoms with E-state index >= 15 is 0 Å². The number of likely N-dealkylation sites (tertiary alicyclic amines) is 1. The number of halogens is 1. The third kappa shape index (κ3) is 4.93. The fourth-order valence-corrected chi connectivity index (χ4v) is 5.11. The Morgan fingerprint density at radius 1 is 1.07 bits per heavy atom. The average molecular weight is 498 g/mol. The molecule has 156 valence electrons. The van der Waals surface area contributed by atoms with Gasteiger partial charge < -0.3 is 19.9 Å². The molecule has 1 aromatic carbocycles. The number of hydrogen-bond acceptors (Lipinski definition) is 3. The molecule has 2 aliphatic heterocycles. The van der Waals surface area contributed by atoms with Gasteiger partial charge in [0.05, 0.1) is 13.2 Å². The molecule has 1 saturated carbocycles. The number of nitrogens with one attached hydrogen (secondary N) is 1. The van der Waals surface area contributed by atoms with Crippen molar-refractivity contribution in [3.8, 4) is 0 Å². The lowest BCUT2D eigenvalue weighted by Gasteiger charge is -2.34. The summed E-state index contributed by atoms with van der Waals surface area (Å²) in [7, 11) is 1.92. The minimum absolute atomic E-state index is 0. The van der Waals surface area contributed by atoms with Crippen molar-refractivity contribution in [2.24, 2.45) is 10.4 Å². The number of ether oxygens (including phenoxy) is 1. The second-order valence-corrected chi connectivity index (χ2v) is 8.36. The lowest BCUT2D eigenvalue weighted by Crippen LogP contribution is -2.42. The lowest BCUT2D eigenvalue weighted by molar-refractivity contribution is 0.122. The molecule has 0 unspecified atom stereocenters. The van der Waals surface area contributed by atoms with Crippen LogP contribution in [0.15, 0.2) is 29.3 Å². The summed E-state index contributed by atoms with van der Waals surface area (Å²) < 4.78 is 5.52. The van der Waals surface area contributed by atoms with Crippen molar-refractivity contribution in [2.75, 3.05) is 51.3 Å². The highest BCUT2D eigenvalue weighted by Gasteiger charge is 2.39. The van der Waals surface area contributed by atoms with Crippen molar-refractivity contribution in [3.05, 3.63) is 29.8 Å². The Morgan fingerprint density at radius 2 is 1.82 bits per heavy atom. The van der Waals surface area contributed by atoms with E-state index in [2.05, 4.69) is 44.4 Å². The van der Waals surface area contributed by atoms with Gasteiger partial charge in [-0.2, -0.15) is 0 Å². The van der Waals surface area contributed by atoms with Crippen LogP contribution in [0.2, 0.25) is 0 Å². The quantitative estimate of drug-likeness (QED) is 0.390. The van der Waals surface area contributed by atoms with Gasteiger partial charge >= 0.3 is 0 Å². The maximum Gasteiger partial charge on any atom is 0.193 e. The third-order valence-corrected chi connectivity index (χ3v) is 6.64. The molecule has 5 nitrogen and oxygen atoms in total. The molecule has 0 aromatic heterocycles. The Hall–Kier alpha value is -1.02. The summed E-state index contributed by atoms with van der Waals surface area (Å²) in [5.74, 6) is 1.06. The Kier molecular flexibility index (Phi) is 7.85. The maximum absolute atomic E-state index is 5.52. The van der Waals surface area contributed by atoms with Crippen LogP contribution in [0.1, 0.15) is 44.1 Å². The van der Waals surface area contributed by atoms with E-state index in [4.69, 9.17) is 4.74 Å². The molecule has 0 amide bonds. The first-order chi connectivity index (χ1) is 13.3. The number of hydrogen-bond donors (Lipinski definition) is 1. The van der Waals surface area contributed by atoms with Crippen molar-refractivity contribution < 1.29 is 4.74 Å². The van der Waals surface area contributed by atoms with Crippen LogP contribution in [0.3, 0.4) is 0 Å². The SMILES string of the molecule is CN=C(NCc1ccccc1N1CCOCC1)N1CCC2(CCCCC2)C1.I. The molecular formula is C22H35IN4O. The lowest BCUT2D eigenvalue weighted by atomic mass is 9.73. The number of anilines is 1. The second kappa shape index (κ2) is 10.1. The first kappa shape index (κ1) is 21.7. The monoisotopic (exact) mass is 498 g/mol. The Balaban J connectivity index is 0.00000225. The maximum atomic E-state index is 5.52. The van der Waals surface area contributed by atoms with Crippen molar-refractivity contribution in [1.82, 2.24) is 10.2 Å². The van der Waals surface area contributed by atoms with Crippen molar-refractivity contribution >= 4 is 35.6 Å². The fraction of sp³-hybridized carbons (Fsp3) is 0.682. The first-order valence-electron chi connectivity index (χ1n) is 10.7. The Labute approximate surface area is 186 Å². The standard InChI is InChI=1S/C22H34N4O.HI/c1-23-21(26-12-11-22(18-26)9-5-2-6-10-22)24-17-19-7-3-4-8-20(19)25-13-15-27-16-14-25;/h3-4,7-8H,2,5-6,9-18H2,1H3,(H,23,24);1H. The smallest absolute Gasteiger partial charge is 0.193 e. The van der Waals surface area contributed by atoms with E-state index in [1.165, 1.54) is 56.3 Å². The second-order valence-electron chi connectivity index (χ2n) is 8.36. The van der Waals surface area contributed by atoms with Crippen LogP contribution in [-0.2, 0) is 11.3 Å². The van der Waals surface area contributed by atoms with Gasteiger partial charge in [0.2, 0.25) is 0 Å². The summed E-state index contributed by atoms with van der Waals surface area (Å²) in [6.07, 6.45) is 8.38. The summed E-state index contributed by atoms with van der Waals surface area (Å²) in [5, 5.41) is 3.65. The molecule has 2 heterocycles. The van der Waals surface area contributed by atoms with Crippen LogP contribution in [-0.4, -0.2) is 57.3 Å². The van der Waals surface area contributed by atoms with E-state index in [1.54, 1.807) is 0 Å². The highest BCUT2D eigenvalue weighted by Crippen LogP contribution is 2.43. The average Bonchev–Trinajstić information content (AvgIpc) is 3.13. The Bertz CT molecular complexity index is 654. The number of nitrogens with zero attached hydrogens (tertiary/aromatic N) is 3. The molecule has 4 rings (SSSR count). The summed E-state index contributed by atoms with van der Waals surface area (Å²) >= 11 is 0. The van der Waals surface area contributed by atoms with Crippen LogP contribution in [0.5, 0.6) is 0 Å². The molecule has 28 heavy (non-hydrogen) atoms. The van der Waals surface area contributed by atoms with Gasteiger partial charge in [-0.1, -0.05) is 37.5 Å². The molecule has 0 radical (unpaired) electrons. The number of morpholine rings is 1. The number of para-hydroxylation sites is 1.